The highest BCUT2D eigenvalue weighted by Gasteiger charge is 2.55. The third-order valence-electron chi connectivity index (χ3n) is 8.44. The van der Waals surface area contributed by atoms with E-state index >= 15 is 0 Å². The minimum absolute atomic E-state index is 0.0177. The minimum Gasteiger partial charge on any atom is -0.381 e. The van der Waals surface area contributed by atoms with Gasteiger partial charge in [-0.1, -0.05) is 12.8 Å². The normalized spacial score (nSPS) is 48.8. The summed E-state index contributed by atoms with van der Waals surface area (Å²) in [5, 5.41) is 6.26. The minimum atomic E-state index is -2.02. The average molecular weight is 431 g/mol. The van der Waals surface area contributed by atoms with Crippen molar-refractivity contribution in [3.8, 4) is 0 Å². The Morgan fingerprint density at radius 2 is 1.80 bits per heavy atom. The molecule has 11 atom stereocenters. The van der Waals surface area contributed by atoms with Gasteiger partial charge in [0.2, 0.25) is 5.91 Å². The number of alkyl halides is 3. The second-order valence-corrected chi connectivity index (χ2v) is 10.4. The zero-order valence-corrected chi connectivity index (χ0v) is 18.3. The summed E-state index contributed by atoms with van der Waals surface area (Å²) in [6.07, 6.45) is -0.632. The summed E-state index contributed by atoms with van der Waals surface area (Å²) in [7, 11) is 1.72. The molecule has 7 heteroatoms. The number of hydrogen-bond acceptors (Lipinski definition) is 3. The fourth-order valence-corrected chi connectivity index (χ4v) is 7.21. The summed E-state index contributed by atoms with van der Waals surface area (Å²) in [6, 6.07) is -0.462. The molecule has 172 valence electrons. The van der Waals surface area contributed by atoms with Crippen LogP contribution in [-0.2, 0) is 9.53 Å². The van der Waals surface area contributed by atoms with Crippen LogP contribution in [0.15, 0.2) is 0 Å². The Morgan fingerprint density at radius 1 is 1.03 bits per heavy atom. The Morgan fingerprint density at radius 3 is 2.50 bits per heavy atom. The lowest BCUT2D eigenvalue weighted by Gasteiger charge is -2.49. The topological polar surface area (TPSA) is 50.4 Å². The van der Waals surface area contributed by atoms with Crippen molar-refractivity contribution in [1.29, 1.82) is 0 Å². The van der Waals surface area contributed by atoms with Gasteiger partial charge < -0.3 is 15.4 Å². The van der Waals surface area contributed by atoms with Crippen molar-refractivity contribution >= 4 is 5.91 Å². The van der Waals surface area contributed by atoms with E-state index in [0.717, 1.165) is 32.1 Å². The van der Waals surface area contributed by atoms with Crippen molar-refractivity contribution in [3.63, 3.8) is 0 Å². The molecule has 30 heavy (non-hydrogen) atoms. The van der Waals surface area contributed by atoms with Crippen molar-refractivity contribution in [3.05, 3.63) is 0 Å². The van der Waals surface area contributed by atoms with Crippen LogP contribution in [0.4, 0.5) is 13.2 Å². The van der Waals surface area contributed by atoms with Crippen LogP contribution in [-0.4, -0.2) is 56.3 Å². The molecular weight excluding hydrogens is 393 g/mol. The summed E-state index contributed by atoms with van der Waals surface area (Å²) in [4.78, 5) is 12.9. The molecule has 0 aromatic heterocycles. The van der Waals surface area contributed by atoms with Gasteiger partial charge in [0, 0.05) is 25.1 Å². The Bertz CT molecular complexity index is 613. The molecular formula is C23H37F3N2O2. The van der Waals surface area contributed by atoms with Crippen LogP contribution in [0.2, 0.25) is 0 Å². The molecule has 4 rings (SSSR count). The maximum Gasteiger partial charge on any atom is 0.223 e. The highest BCUT2D eigenvalue weighted by Crippen LogP contribution is 2.52. The van der Waals surface area contributed by atoms with Crippen molar-refractivity contribution < 1.29 is 22.7 Å². The Labute approximate surface area is 178 Å². The summed E-state index contributed by atoms with van der Waals surface area (Å²) in [6.45, 7) is 4.58. The van der Waals surface area contributed by atoms with E-state index in [-0.39, 0.29) is 48.1 Å². The second kappa shape index (κ2) is 8.97. The lowest BCUT2D eigenvalue weighted by atomic mass is 9.58. The molecule has 4 fully saturated rings. The number of hydrogen-bond donors (Lipinski definition) is 2. The van der Waals surface area contributed by atoms with Gasteiger partial charge >= 0.3 is 0 Å². The zero-order chi connectivity index (χ0) is 21.6. The number of halogens is 3. The van der Waals surface area contributed by atoms with E-state index in [2.05, 4.69) is 10.6 Å². The maximum atomic E-state index is 14.4. The molecule has 0 aromatic rings. The number of fused-ring (bicyclic) bond motifs is 2. The average Bonchev–Trinajstić information content (AvgIpc) is 3.14. The van der Waals surface area contributed by atoms with Crippen LogP contribution < -0.4 is 10.6 Å². The second-order valence-electron chi connectivity index (χ2n) is 10.4. The molecule has 0 bridgehead atoms. The van der Waals surface area contributed by atoms with E-state index < -0.39 is 24.6 Å². The molecule has 4 nitrogen and oxygen atoms in total. The molecule has 3 saturated carbocycles. The van der Waals surface area contributed by atoms with Crippen LogP contribution in [0.5, 0.6) is 0 Å². The van der Waals surface area contributed by atoms with E-state index in [1.54, 1.807) is 7.11 Å². The predicted octanol–water partition coefficient (Wildman–Crippen LogP) is 3.59. The van der Waals surface area contributed by atoms with E-state index in [4.69, 9.17) is 4.74 Å². The fraction of sp³-hybridized carbons (Fsp3) is 0.957. The highest BCUT2D eigenvalue weighted by atomic mass is 19.2. The Kier molecular flexibility index (Phi) is 6.69. The third-order valence-corrected chi connectivity index (χ3v) is 8.44. The van der Waals surface area contributed by atoms with Gasteiger partial charge in [0.15, 0.2) is 6.17 Å². The van der Waals surface area contributed by atoms with Gasteiger partial charge in [-0.25, -0.2) is 13.2 Å². The van der Waals surface area contributed by atoms with E-state index in [0.29, 0.717) is 18.4 Å². The number of ether oxygens (including phenoxy) is 1. The summed E-state index contributed by atoms with van der Waals surface area (Å²) in [5.41, 5.74) is 0. The van der Waals surface area contributed by atoms with Gasteiger partial charge in [0.1, 0.15) is 12.3 Å². The molecule has 1 saturated heterocycles. The summed E-state index contributed by atoms with van der Waals surface area (Å²) in [5.74, 6) is 0.967. The number of nitrogens with one attached hydrogen (secondary N) is 2. The van der Waals surface area contributed by atoms with Crippen LogP contribution in [0, 0.1) is 35.5 Å². The van der Waals surface area contributed by atoms with Crippen LogP contribution in [0.3, 0.4) is 0 Å². The first-order chi connectivity index (χ1) is 14.3. The van der Waals surface area contributed by atoms with Crippen molar-refractivity contribution in [1.82, 2.24) is 10.6 Å². The fourth-order valence-electron chi connectivity index (χ4n) is 7.21. The van der Waals surface area contributed by atoms with Gasteiger partial charge in [0.05, 0.1) is 6.10 Å². The number of methoxy groups -OCH3 is 1. The van der Waals surface area contributed by atoms with Crippen molar-refractivity contribution in [2.75, 3.05) is 13.7 Å². The summed E-state index contributed by atoms with van der Waals surface area (Å²) < 4.78 is 48.4. The predicted molar refractivity (Wildman–Crippen MR) is 109 cm³/mol. The smallest absolute Gasteiger partial charge is 0.223 e. The first-order valence-electron chi connectivity index (χ1n) is 11.8. The van der Waals surface area contributed by atoms with Crippen LogP contribution >= 0.6 is 0 Å². The molecule has 2 N–H and O–H groups in total. The quantitative estimate of drug-likeness (QED) is 0.717. The van der Waals surface area contributed by atoms with Crippen LogP contribution in [0.25, 0.3) is 0 Å². The van der Waals surface area contributed by atoms with E-state index in [9.17, 15) is 18.0 Å². The lowest BCUT2D eigenvalue weighted by Crippen LogP contribution is -2.53. The largest absolute Gasteiger partial charge is 0.381 e. The highest BCUT2D eigenvalue weighted by molar-refractivity contribution is 5.79. The van der Waals surface area contributed by atoms with Crippen LogP contribution in [0.1, 0.15) is 52.4 Å². The molecule has 1 heterocycles. The van der Waals surface area contributed by atoms with E-state index in [1.807, 2.05) is 13.8 Å². The van der Waals surface area contributed by atoms with Gasteiger partial charge in [-0.3, -0.25) is 4.79 Å². The van der Waals surface area contributed by atoms with Crippen molar-refractivity contribution in [2.45, 2.75) is 89.1 Å². The third kappa shape index (κ3) is 4.01. The van der Waals surface area contributed by atoms with Gasteiger partial charge in [-0.15, -0.1) is 0 Å². The van der Waals surface area contributed by atoms with Gasteiger partial charge in [-0.2, -0.15) is 0 Å². The standard InChI is InChI=1S/C23H37F3N2O2/c1-11(2)28-23(29)14-6-4-5-12-7-13(8-18(30-3)19(12)14)16-10-27-22-15(16)9-17(24)20(25)21(22)26/h11-22,27H,4-10H2,1-3H3,(H,28,29). The molecule has 1 aliphatic heterocycles. The lowest BCUT2D eigenvalue weighted by molar-refractivity contribution is -0.138. The number of carbonyl (C=O) groups is 1. The monoisotopic (exact) mass is 430 g/mol. The Hall–Kier alpha value is -0.820. The number of carbonyl (C=O) groups excluding carboxylic acids is 1. The number of amides is 1. The Balaban J connectivity index is 1.49. The van der Waals surface area contributed by atoms with Crippen molar-refractivity contribution in [2.24, 2.45) is 35.5 Å². The zero-order valence-electron chi connectivity index (χ0n) is 18.3. The van der Waals surface area contributed by atoms with Gasteiger partial charge in [-0.05, 0) is 75.7 Å². The van der Waals surface area contributed by atoms with E-state index in [1.165, 1.54) is 0 Å². The first kappa shape index (κ1) is 22.4. The molecule has 0 aromatic carbocycles. The molecule has 0 spiro atoms. The molecule has 4 aliphatic rings. The molecule has 11 unspecified atom stereocenters. The maximum absolute atomic E-state index is 14.4. The SMILES string of the molecule is COC1CC(C2CNC3C(F)C(F)C(F)CC23)CC2CCCC(C(=O)NC(C)C)C21. The molecule has 0 radical (unpaired) electrons. The van der Waals surface area contributed by atoms with Gasteiger partial charge in [0.25, 0.3) is 0 Å². The summed E-state index contributed by atoms with van der Waals surface area (Å²) >= 11 is 0. The first-order valence-corrected chi connectivity index (χ1v) is 11.8. The molecule has 1 amide bonds. The molecule has 3 aliphatic carbocycles. The number of rotatable bonds is 4.